The van der Waals surface area contributed by atoms with Gasteiger partial charge in [0.25, 0.3) is 0 Å². The zero-order chi connectivity index (χ0) is 15.5. The van der Waals surface area contributed by atoms with E-state index in [1.54, 1.807) is 25.4 Å². The van der Waals surface area contributed by atoms with Gasteiger partial charge in [0, 0.05) is 25.1 Å². The summed E-state index contributed by atoms with van der Waals surface area (Å²) < 4.78 is 4.98. The highest BCUT2D eigenvalue weighted by atomic mass is 16.5. The molecule has 3 rings (SSSR count). The third-order valence-corrected chi connectivity index (χ3v) is 4.51. The van der Waals surface area contributed by atoms with Crippen molar-refractivity contribution < 1.29 is 14.3 Å². The molecule has 2 aliphatic rings. The van der Waals surface area contributed by atoms with Crippen LogP contribution in [0.2, 0.25) is 0 Å². The van der Waals surface area contributed by atoms with Crippen molar-refractivity contribution in [2.24, 2.45) is 5.92 Å². The van der Waals surface area contributed by atoms with Crippen molar-refractivity contribution in [3.05, 3.63) is 18.3 Å². The fourth-order valence-electron chi connectivity index (χ4n) is 3.30. The minimum absolute atomic E-state index is 0.110. The van der Waals surface area contributed by atoms with E-state index in [1.165, 1.54) is 12.8 Å². The highest BCUT2D eigenvalue weighted by molar-refractivity contribution is 5.97. The maximum absolute atomic E-state index is 12.3. The van der Waals surface area contributed by atoms with E-state index in [2.05, 4.69) is 10.3 Å². The second kappa shape index (κ2) is 6.34. The SMILES string of the molecule is COc1ccc(NC(=O)[C@H]2CC(=O)N(C3CCCC3)C2)cn1. The molecule has 118 valence electrons. The van der Waals surface area contributed by atoms with Gasteiger partial charge in [0.05, 0.1) is 24.9 Å². The summed E-state index contributed by atoms with van der Waals surface area (Å²) in [4.78, 5) is 30.4. The summed E-state index contributed by atoms with van der Waals surface area (Å²) >= 11 is 0. The Morgan fingerprint density at radius 2 is 2.14 bits per heavy atom. The normalized spacial score (nSPS) is 22.1. The summed E-state index contributed by atoms with van der Waals surface area (Å²) in [5.74, 6) is 0.234. The van der Waals surface area contributed by atoms with Crippen LogP contribution in [0.5, 0.6) is 5.88 Å². The maximum Gasteiger partial charge on any atom is 0.229 e. The zero-order valence-corrected chi connectivity index (χ0v) is 12.7. The molecule has 6 nitrogen and oxygen atoms in total. The van der Waals surface area contributed by atoms with Crippen LogP contribution in [0.1, 0.15) is 32.1 Å². The van der Waals surface area contributed by atoms with Crippen molar-refractivity contribution in [2.75, 3.05) is 19.0 Å². The second-order valence-corrected chi connectivity index (χ2v) is 5.96. The van der Waals surface area contributed by atoms with Gasteiger partial charge in [-0.3, -0.25) is 9.59 Å². The summed E-state index contributed by atoms with van der Waals surface area (Å²) in [6, 6.07) is 3.78. The number of hydrogen-bond donors (Lipinski definition) is 1. The van der Waals surface area contributed by atoms with Gasteiger partial charge in [0.15, 0.2) is 0 Å². The first-order valence-corrected chi connectivity index (χ1v) is 7.78. The molecule has 1 aromatic heterocycles. The number of aromatic nitrogens is 1. The molecule has 6 heteroatoms. The lowest BCUT2D eigenvalue weighted by atomic mass is 10.1. The molecule has 0 spiro atoms. The van der Waals surface area contributed by atoms with Crippen LogP contribution in [0, 0.1) is 5.92 Å². The molecule has 2 heterocycles. The Balaban J connectivity index is 1.59. The van der Waals surface area contributed by atoms with E-state index in [1.807, 2.05) is 4.90 Å². The van der Waals surface area contributed by atoms with Crippen molar-refractivity contribution in [3.63, 3.8) is 0 Å². The molecule has 22 heavy (non-hydrogen) atoms. The number of hydrogen-bond acceptors (Lipinski definition) is 4. The van der Waals surface area contributed by atoms with Crippen LogP contribution >= 0.6 is 0 Å². The van der Waals surface area contributed by atoms with Gasteiger partial charge >= 0.3 is 0 Å². The van der Waals surface area contributed by atoms with Gasteiger partial charge in [-0.2, -0.15) is 0 Å². The van der Waals surface area contributed by atoms with Crippen molar-refractivity contribution in [2.45, 2.75) is 38.1 Å². The molecule has 2 amide bonds. The van der Waals surface area contributed by atoms with E-state index < -0.39 is 0 Å². The van der Waals surface area contributed by atoms with Gasteiger partial charge < -0.3 is 15.0 Å². The molecular formula is C16H21N3O3. The average Bonchev–Trinajstić information content (AvgIpc) is 3.17. The largest absolute Gasteiger partial charge is 0.481 e. The number of carbonyl (C=O) groups excluding carboxylic acids is 2. The Morgan fingerprint density at radius 1 is 1.36 bits per heavy atom. The van der Waals surface area contributed by atoms with Crippen molar-refractivity contribution in [3.8, 4) is 5.88 Å². The number of methoxy groups -OCH3 is 1. The topological polar surface area (TPSA) is 71.5 Å². The summed E-state index contributed by atoms with van der Waals surface area (Å²) in [6.45, 7) is 0.541. The lowest BCUT2D eigenvalue weighted by molar-refractivity contribution is -0.129. The van der Waals surface area contributed by atoms with Crippen molar-refractivity contribution >= 4 is 17.5 Å². The standard InChI is InChI=1S/C16H21N3O3/c1-22-14-7-6-12(9-17-14)18-16(21)11-8-15(20)19(10-11)13-4-2-3-5-13/h6-7,9,11,13H,2-5,8,10H2,1H3,(H,18,21)/t11-/m0/s1. The number of rotatable bonds is 4. The molecule has 1 N–H and O–H groups in total. The fourth-order valence-corrected chi connectivity index (χ4v) is 3.30. The number of nitrogens with one attached hydrogen (secondary N) is 1. The van der Waals surface area contributed by atoms with Gasteiger partial charge in [-0.05, 0) is 18.9 Å². The highest BCUT2D eigenvalue weighted by Crippen LogP contribution is 2.29. The molecule has 1 saturated carbocycles. The quantitative estimate of drug-likeness (QED) is 0.921. The molecule has 1 aliphatic heterocycles. The van der Waals surface area contributed by atoms with Gasteiger partial charge in [-0.25, -0.2) is 4.98 Å². The Bertz CT molecular complexity index is 552. The third-order valence-electron chi connectivity index (χ3n) is 4.51. The van der Waals surface area contributed by atoms with Crippen molar-refractivity contribution in [1.29, 1.82) is 0 Å². The number of carbonyl (C=O) groups is 2. The Hall–Kier alpha value is -2.11. The molecule has 1 aliphatic carbocycles. The van der Waals surface area contributed by atoms with Crippen LogP contribution in [0.15, 0.2) is 18.3 Å². The molecule has 1 atom stereocenters. The zero-order valence-electron chi connectivity index (χ0n) is 12.7. The highest BCUT2D eigenvalue weighted by Gasteiger charge is 2.38. The first kappa shape index (κ1) is 14.8. The van der Waals surface area contributed by atoms with E-state index in [0.717, 1.165) is 12.8 Å². The molecule has 0 radical (unpaired) electrons. The molecule has 0 aromatic carbocycles. The van der Waals surface area contributed by atoms with Gasteiger partial charge in [0.2, 0.25) is 17.7 Å². The fraction of sp³-hybridized carbons (Fsp3) is 0.562. The summed E-state index contributed by atoms with van der Waals surface area (Å²) in [7, 11) is 1.54. The predicted octanol–water partition coefficient (Wildman–Crippen LogP) is 1.82. The van der Waals surface area contributed by atoms with Crippen LogP contribution in [0.25, 0.3) is 0 Å². The number of likely N-dealkylation sites (tertiary alicyclic amines) is 1. The molecule has 0 unspecified atom stereocenters. The second-order valence-electron chi connectivity index (χ2n) is 5.96. The molecular weight excluding hydrogens is 282 g/mol. The molecule has 1 aromatic rings. The maximum atomic E-state index is 12.3. The monoisotopic (exact) mass is 303 g/mol. The van der Waals surface area contributed by atoms with Gasteiger partial charge in [-0.15, -0.1) is 0 Å². The summed E-state index contributed by atoms with van der Waals surface area (Å²) in [5.41, 5.74) is 0.623. The lowest BCUT2D eigenvalue weighted by Crippen LogP contribution is -2.35. The Morgan fingerprint density at radius 3 is 2.77 bits per heavy atom. The molecule has 1 saturated heterocycles. The summed E-state index contributed by atoms with van der Waals surface area (Å²) in [6.07, 6.45) is 6.38. The first-order chi connectivity index (χ1) is 10.7. The smallest absolute Gasteiger partial charge is 0.229 e. The van der Waals surface area contributed by atoms with E-state index >= 15 is 0 Å². The summed E-state index contributed by atoms with van der Waals surface area (Å²) in [5, 5.41) is 2.83. The van der Waals surface area contributed by atoms with Crippen LogP contribution in [-0.2, 0) is 9.59 Å². The van der Waals surface area contributed by atoms with E-state index in [9.17, 15) is 9.59 Å². The van der Waals surface area contributed by atoms with Crippen molar-refractivity contribution in [1.82, 2.24) is 9.88 Å². The van der Waals surface area contributed by atoms with Gasteiger partial charge in [-0.1, -0.05) is 12.8 Å². The van der Waals surface area contributed by atoms with Crippen LogP contribution in [-0.4, -0.2) is 41.4 Å². The van der Waals surface area contributed by atoms with Crippen LogP contribution in [0.4, 0.5) is 5.69 Å². The third kappa shape index (κ3) is 3.05. The predicted molar refractivity (Wildman–Crippen MR) is 81.5 cm³/mol. The number of amides is 2. The van der Waals surface area contributed by atoms with Gasteiger partial charge in [0.1, 0.15) is 0 Å². The van der Waals surface area contributed by atoms with E-state index in [-0.39, 0.29) is 17.7 Å². The first-order valence-electron chi connectivity index (χ1n) is 7.78. The van der Waals surface area contributed by atoms with Crippen LogP contribution < -0.4 is 10.1 Å². The minimum atomic E-state index is -0.268. The van der Waals surface area contributed by atoms with E-state index in [4.69, 9.17) is 4.74 Å². The number of anilines is 1. The van der Waals surface area contributed by atoms with Crippen LogP contribution in [0.3, 0.4) is 0 Å². The number of pyridine rings is 1. The number of nitrogens with zero attached hydrogens (tertiary/aromatic N) is 2. The number of ether oxygens (including phenoxy) is 1. The Kier molecular flexibility index (Phi) is 4.27. The Labute approximate surface area is 129 Å². The molecule has 0 bridgehead atoms. The average molecular weight is 303 g/mol. The minimum Gasteiger partial charge on any atom is -0.481 e. The van der Waals surface area contributed by atoms with E-state index in [0.29, 0.717) is 30.6 Å². The molecule has 2 fully saturated rings. The lowest BCUT2D eigenvalue weighted by Gasteiger charge is -2.23.